The van der Waals surface area contributed by atoms with Crippen molar-refractivity contribution in [3.63, 3.8) is 0 Å². The number of aryl methyl sites for hydroxylation is 1. The summed E-state index contributed by atoms with van der Waals surface area (Å²) >= 11 is 0. The van der Waals surface area contributed by atoms with E-state index in [0.29, 0.717) is 23.9 Å². The van der Waals surface area contributed by atoms with E-state index in [1.165, 1.54) is 18.4 Å². The van der Waals surface area contributed by atoms with E-state index < -0.39 is 0 Å². The van der Waals surface area contributed by atoms with Crippen LogP contribution in [0.5, 0.6) is 0 Å². The van der Waals surface area contributed by atoms with E-state index in [0.717, 1.165) is 29.5 Å². The summed E-state index contributed by atoms with van der Waals surface area (Å²) in [6.45, 7) is 11.2. The van der Waals surface area contributed by atoms with E-state index in [2.05, 4.69) is 57.7 Å². The van der Waals surface area contributed by atoms with Gasteiger partial charge in [-0.05, 0) is 30.4 Å². The summed E-state index contributed by atoms with van der Waals surface area (Å²) in [5.74, 6) is 0.952. The Balaban J connectivity index is 2.37. The molecule has 0 N–H and O–H groups in total. The van der Waals surface area contributed by atoms with Crippen molar-refractivity contribution in [2.45, 2.75) is 46.5 Å². The van der Waals surface area contributed by atoms with Crippen LogP contribution >= 0.6 is 0 Å². The fourth-order valence-electron chi connectivity index (χ4n) is 3.23. The van der Waals surface area contributed by atoms with Gasteiger partial charge in [-0.1, -0.05) is 99.8 Å². The molecule has 28 heavy (non-hydrogen) atoms. The van der Waals surface area contributed by atoms with Crippen molar-refractivity contribution >= 4 is 5.57 Å². The normalized spacial score (nSPS) is 12.6. The van der Waals surface area contributed by atoms with Gasteiger partial charge in [-0.25, -0.2) is 0 Å². The van der Waals surface area contributed by atoms with E-state index in [1.807, 2.05) is 30.3 Å². The largest absolute Gasteiger partial charge is 0.493 e. The third-order valence-electron chi connectivity index (χ3n) is 5.08. The topological polar surface area (TPSA) is 33.0 Å². The van der Waals surface area contributed by atoms with Crippen molar-refractivity contribution in [3.05, 3.63) is 89.2 Å². The molecule has 0 heterocycles. The monoisotopic (exact) mass is 373 g/mol. The number of nitrogens with zero attached hydrogens (tertiary/aromatic N) is 1. The first-order valence-corrected chi connectivity index (χ1v) is 10.2. The van der Waals surface area contributed by atoms with Crippen LogP contribution in [-0.4, -0.2) is 6.61 Å². The van der Waals surface area contributed by atoms with E-state index in [1.54, 1.807) is 0 Å². The second kappa shape index (κ2) is 11.1. The highest BCUT2D eigenvalue weighted by Gasteiger charge is 2.17. The summed E-state index contributed by atoms with van der Waals surface area (Å²) < 4.78 is 6.02. The molecule has 0 aliphatic heterocycles. The van der Waals surface area contributed by atoms with Crippen LogP contribution in [0.4, 0.5) is 0 Å². The molecular weight excluding hydrogens is 342 g/mol. The summed E-state index contributed by atoms with van der Waals surface area (Å²) in [4.78, 5) is 0. The van der Waals surface area contributed by atoms with Crippen molar-refractivity contribution in [2.75, 3.05) is 6.61 Å². The van der Waals surface area contributed by atoms with Crippen LogP contribution in [-0.2, 0) is 4.74 Å². The third-order valence-corrected chi connectivity index (χ3v) is 5.08. The van der Waals surface area contributed by atoms with Crippen LogP contribution in [0.25, 0.3) is 5.57 Å². The van der Waals surface area contributed by atoms with Crippen molar-refractivity contribution in [3.8, 4) is 6.07 Å². The lowest BCUT2D eigenvalue weighted by molar-refractivity contribution is 0.164. The van der Waals surface area contributed by atoms with Crippen LogP contribution in [0.1, 0.15) is 56.2 Å². The number of hydrogen-bond donors (Lipinski definition) is 0. The zero-order chi connectivity index (χ0) is 20.4. The molecule has 146 valence electrons. The van der Waals surface area contributed by atoms with Crippen LogP contribution in [0.3, 0.4) is 0 Å². The Hall–Kier alpha value is -2.79. The maximum absolute atomic E-state index is 9.96. The van der Waals surface area contributed by atoms with Crippen LogP contribution in [0.15, 0.2) is 72.5 Å². The van der Waals surface area contributed by atoms with Crippen LogP contribution in [0.2, 0.25) is 0 Å². The molecular formula is C26H31NO. The number of rotatable bonds is 10. The Morgan fingerprint density at radius 2 is 1.68 bits per heavy atom. The highest BCUT2D eigenvalue weighted by molar-refractivity contribution is 5.86. The zero-order valence-electron chi connectivity index (χ0n) is 17.4. The fraction of sp³-hybridized carbons (Fsp3) is 0.346. The smallest absolute Gasteiger partial charge is 0.130 e. The Kier molecular flexibility index (Phi) is 8.56. The van der Waals surface area contributed by atoms with Gasteiger partial charge >= 0.3 is 0 Å². The number of allylic oxidation sites excluding steroid dienone is 1. The minimum absolute atomic E-state index is 0.455. The highest BCUT2D eigenvalue weighted by Crippen LogP contribution is 2.31. The lowest BCUT2D eigenvalue weighted by atomic mass is 9.92. The molecule has 2 aromatic carbocycles. The van der Waals surface area contributed by atoms with E-state index in [-0.39, 0.29) is 0 Å². The van der Waals surface area contributed by atoms with Crippen molar-refractivity contribution in [1.29, 1.82) is 5.26 Å². The predicted molar refractivity (Wildman–Crippen MR) is 118 cm³/mol. The van der Waals surface area contributed by atoms with Gasteiger partial charge in [0.05, 0.1) is 6.61 Å². The quantitative estimate of drug-likeness (QED) is 0.253. The summed E-state index contributed by atoms with van der Waals surface area (Å²) in [6.07, 6.45) is 4.61. The average molecular weight is 374 g/mol. The molecule has 0 amide bonds. The third kappa shape index (κ3) is 5.86. The maximum Gasteiger partial charge on any atom is 0.130 e. The minimum Gasteiger partial charge on any atom is -0.493 e. The van der Waals surface area contributed by atoms with E-state index in [4.69, 9.17) is 4.74 Å². The molecule has 0 bridgehead atoms. The Bertz CT molecular complexity index is 825. The Morgan fingerprint density at radius 3 is 2.25 bits per heavy atom. The van der Waals surface area contributed by atoms with Gasteiger partial charge < -0.3 is 4.74 Å². The first kappa shape index (κ1) is 21.5. The number of ether oxygens (including phenoxy) is 1. The lowest BCUT2D eigenvalue weighted by Crippen LogP contribution is -2.10. The average Bonchev–Trinajstić information content (AvgIpc) is 2.73. The molecule has 2 heteroatoms. The van der Waals surface area contributed by atoms with Gasteiger partial charge in [0.15, 0.2) is 0 Å². The van der Waals surface area contributed by atoms with Crippen LogP contribution < -0.4 is 0 Å². The molecule has 2 aromatic rings. The second-order valence-electron chi connectivity index (χ2n) is 7.24. The summed E-state index contributed by atoms with van der Waals surface area (Å²) in [5.41, 5.74) is 4.54. The van der Waals surface area contributed by atoms with Gasteiger partial charge in [-0.2, -0.15) is 5.26 Å². The molecule has 0 aliphatic carbocycles. The number of benzene rings is 2. The number of nitriles is 1. The minimum atomic E-state index is 0.455. The second-order valence-corrected chi connectivity index (χ2v) is 7.24. The van der Waals surface area contributed by atoms with Crippen molar-refractivity contribution in [2.24, 2.45) is 5.92 Å². The summed E-state index contributed by atoms with van der Waals surface area (Å²) in [7, 11) is 0. The molecule has 0 aliphatic rings. The molecule has 2 nitrogen and oxygen atoms in total. The molecule has 0 saturated carbocycles. The lowest BCUT2D eigenvalue weighted by Gasteiger charge is -2.18. The highest BCUT2D eigenvalue weighted by atomic mass is 16.5. The predicted octanol–water partition coefficient (Wildman–Crippen LogP) is 7.07. The SMILES string of the molecule is C=C(OCC(CC)CCCC)/C(C#N)=C(/c1ccccc1)c1ccc(C)cc1. The maximum atomic E-state index is 9.96. The fourth-order valence-corrected chi connectivity index (χ4v) is 3.23. The summed E-state index contributed by atoms with van der Waals surface area (Å²) in [5, 5.41) is 9.96. The molecule has 0 radical (unpaired) electrons. The summed E-state index contributed by atoms with van der Waals surface area (Å²) in [6, 6.07) is 20.6. The molecule has 0 spiro atoms. The molecule has 1 unspecified atom stereocenters. The molecule has 1 atom stereocenters. The number of hydrogen-bond acceptors (Lipinski definition) is 2. The van der Waals surface area contributed by atoms with Crippen LogP contribution in [0, 0.1) is 24.2 Å². The van der Waals surface area contributed by atoms with Gasteiger partial charge in [0.2, 0.25) is 0 Å². The molecule has 2 rings (SSSR count). The Morgan fingerprint density at radius 1 is 1.04 bits per heavy atom. The van der Waals surface area contributed by atoms with Crippen molar-refractivity contribution in [1.82, 2.24) is 0 Å². The molecule has 0 saturated heterocycles. The molecule has 0 fully saturated rings. The van der Waals surface area contributed by atoms with E-state index in [9.17, 15) is 5.26 Å². The van der Waals surface area contributed by atoms with Gasteiger partial charge in [0.25, 0.3) is 0 Å². The first-order chi connectivity index (χ1) is 13.6. The van der Waals surface area contributed by atoms with E-state index >= 15 is 0 Å². The van der Waals surface area contributed by atoms with Crippen molar-refractivity contribution < 1.29 is 4.74 Å². The van der Waals surface area contributed by atoms with Gasteiger partial charge in [-0.15, -0.1) is 0 Å². The standard InChI is InChI=1S/C26H31NO/c1-5-7-11-22(6-2)19-28-21(4)25(18-27)26(23-12-9-8-10-13-23)24-16-14-20(3)15-17-24/h8-10,12-17,22H,4-7,11,19H2,1-3H3/b26-25-. The van der Waals surface area contributed by atoms with Gasteiger partial charge in [-0.3, -0.25) is 0 Å². The first-order valence-electron chi connectivity index (χ1n) is 10.2. The Labute approximate surface area is 170 Å². The zero-order valence-corrected chi connectivity index (χ0v) is 17.4. The number of unbranched alkanes of at least 4 members (excludes halogenated alkanes) is 1. The molecule has 0 aromatic heterocycles. The van der Waals surface area contributed by atoms with Gasteiger partial charge in [0, 0.05) is 5.57 Å². The van der Waals surface area contributed by atoms with Gasteiger partial charge in [0.1, 0.15) is 17.4 Å².